The molecule has 2 N–H and O–H groups in total. The van der Waals surface area contributed by atoms with Gasteiger partial charge in [0.05, 0.1) is 0 Å². The molecule has 1 aromatic heterocycles. The number of nitrogens with one attached hydrogen (secondary N) is 1. The van der Waals surface area contributed by atoms with Crippen LogP contribution < -0.4 is 5.32 Å². The van der Waals surface area contributed by atoms with E-state index in [1.165, 1.54) is 6.07 Å². The number of rotatable bonds is 7. The van der Waals surface area contributed by atoms with Gasteiger partial charge < -0.3 is 14.8 Å². The van der Waals surface area contributed by atoms with Gasteiger partial charge in [0.15, 0.2) is 5.88 Å². The third-order valence-electron chi connectivity index (χ3n) is 2.81. The third-order valence-corrected chi connectivity index (χ3v) is 2.81. The Morgan fingerprint density at radius 2 is 1.94 bits per heavy atom. The summed E-state index contributed by atoms with van der Waals surface area (Å²) in [4.78, 5) is 13.0. The van der Waals surface area contributed by atoms with E-state index in [9.17, 15) is 4.79 Å². The molecule has 1 aromatic rings. The van der Waals surface area contributed by atoms with Gasteiger partial charge in [-0.1, -0.05) is 0 Å². The molecule has 0 saturated carbocycles. The number of carboxylic acid groups (broad SMARTS) is 1. The molecule has 0 amide bonds. The van der Waals surface area contributed by atoms with Crippen molar-refractivity contribution in [3.63, 3.8) is 0 Å². The van der Waals surface area contributed by atoms with Gasteiger partial charge in [0.2, 0.25) is 5.76 Å². The predicted molar refractivity (Wildman–Crippen MR) is 71.1 cm³/mol. The number of anilines is 1. The van der Waals surface area contributed by atoms with Gasteiger partial charge >= 0.3 is 5.97 Å². The van der Waals surface area contributed by atoms with Crippen LogP contribution in [0.2, 0.25) is 0 Å². The largest absolute Gasteiger partial charge is 0.475 e. The van der Waals surface area contributed by atoms with Gasteiger partial charge in [-0.15, -0.1) is 0 Å². The van der Waals surface area contributed by atoms with Crippen molar-refractivity contribution in [1.82, 2.24) is 4.90 Å². The highest BCUT2D eigenvalue weighted by Gasteiger charge is 2.13. The van der Waals surface area contributed by atoms with Crippen LogP contribution in [0.3, 0.4) is 0 Å². The second-order valence-electron chi connectivity index (χ2n) is 4.82. The van der Waals surface area contributed by atoms with Crippen LogP contribution in [0, 0.1) is 0 Å². The fourth-order valence-corrected chi connectivity index (χ4v) is 1.97. The Kier molecular flexibility index (Phi) is 5.22. The smallest absolute Gasteiger partial charge is 0.371 e. The first-order valence-corrected chi connectivity index (χ1v) is 6.24. The maximum atomic E-state index is 10.6. The number of carbonyl (C=O) groups is 1. The molecule has 1 heterocycles. The zero-order chi connectivity index (χ0) is 13.7. The van der Waals surface area contributed by atoms with Crippen LogP contribution >= 0.6 is 0 Å². The van der Waals surface area contributed by atoms with Crippen molar-refractivity contribution >= 4 is 11.9 Å². The van der Waals surface area contributed by atoms with Gasteiger partial charge in [0.25, 0.3) is 0 Å². The number of hydrogen-bond acceptors (Lipinski definition) is 4. The lowest BCUT2D eigenvalue weighted by Gasteiger charge is -2.30. The molecule has 5 nitrogen and oxygen atoms in total. The summed E-state index contributed by atoms with van der Waals surface area (Å²) in [5.41, 5.74) is 0. The van der Waals surface area contributed by atoms with Crippen molar-refractivity contribution in [2.24, 2.45) is 0 Å². The third kappa shape index (κ3) is 4.07. The maximum absolute atomic E-state index is 10.6. The SMILES string of the molecule is CC(C)N(CCNc1ccc(C(=O)O)o1)C(C)C. The normalized spacial score (nSPS) is 11.5. The summed E-state index contributed by atoms with van der Waals surface area (Å²) >= 11 is 0. The highest BCUT2D eigenvalue weighted by Crippen LogP contribution is 2.13. The van der Waals surface area contributed by atoms with Crippen LogP contribution in [0.4, 0.5) is 5.88 Å². The van der Waals surface area contributed by atoms with Crippen molar-refractivity contribution < 1.29 is 14.3 Å². The maximum Gasteiger partial charge on any atom is 0.371 e. The minimum absolute atomic E-state index is 0.0397. The zero-order valence-corrected chi connectivity index (χ0v) is 11.4. The first-order valence-electron chi connectivity index (χ1n) is 6.24. The average molecular weight is 254 g/mol. The van der Waals surface area contributed by atoms with Gasteiger partial charge in [-0.3, -0.25) is 4.90 Å². The molecule has 0 saturated heterocycles. The van der Waals surface area contributed by atoms with E-state index >= 15 is 0 Å². The minimum atomic E-state index is -1.05. The Balaban J connectivity index is 2.42. The van der Waals surface area contributed by atoms with Gasteiger partial charge in [0, 0.05) is 31.2 Å². The van der Waals surface area contributed by atoms with Crippen LogP contribution in [-0.4, -0.2) is 41.1 Å². The molecular weight excluding hydrogens is 232 g/mol. The second kappa shape index (κ2) is 6.44. The summed E-state index contributed by atoms with van der Waals surface area (Å²) in [6.45, 7) is 10.3. The fourth-order valence-electron chi connectivity index (χ4n) is 1.97. The molecule has 0 spiro atoms. The van der Waals surface area contributed by atoms with Gasteiger partial charge in [0.1, 0.15) is 0 Å². The predicted octanol–water partition coefficient (Wildman–Crippen LogP) is 2.51. The molecule has 0 aliphatic heterocycles. The van der Waals surface area contributed by atoms with E-state index in [0.29, 0.717) is 18.0 Å². The zero-order valence-electron chi connectivity index (χ0n) is 11.4. The van der Waals surface area contributed by atoms with Crippen molar-refractivity contribution in [3.05, 3.63) is 17.9 Å². The van der Waals surface area contributed by atoms with Crippen molar-refractivity contribution in [2.75, 3.05) is 18.4 Å². The molecule has 0 aromatic carbocycles. The summed E-state index contributed by atoms with van der Waals surface area (Å²) in [6.07, 6.45) is 0. The Morgan fingerprint density at radius 3 is 2.39 bits per heavy atom. The summed E-state index contributed by atoms with van der Waals surface area (Å²) in [6, 6.07) is 4.06. The summed E-state index contributed by atoms with van der Waals surface area (Å²) in [5.74, 6) is -0.587. The van der Waals surface area contributed by atoms with E-state index in [1.54, 1.807) is 6.07 Å². The topological polar surface area (TPSA) is 65.7 Å². The molecular formula is C13H22N2O3. The highest BCUT2D eigenvalue weighted by molar-refractivity contribution is 5.84. The Morgan fingerprint density at radius 1 is 1.33 bits per heavy atom. The molecule has 0 aliphatic rings. The van der Waals surface area contributed by atoms with Gasteiger partial charge in [-0.2, -0.15) is 0 Å². The molecule has 0 bridgehead atoms. The van der Waals surface area contributed by atoms with E-state index in [2.05, 4.69) is 37.9 Å². The second-order valence-corrected chi connectivity index (χ2v) is 4.82. The van der Waals surface area contributed by atoms with E-state index in [-0.39, 0.29) is 5.76 Å². The van der Waals surface area contributed by atoms with E-state index in [1.807, 2.05) is 0 Å². The number of hydrogen-bond donors (Lipinski definition) is 2. The molecule has 5 heteroatoms. The number of furan rings is 1. The van der Waals surface area contributed by atoms with Crippen LogP contribution in [0.25, 0.3) is 0 Å². The summed E-state index contributed by atoms with van der Waals surface area (Å²) in [7, 11) is 0. The first-order chi connectivity index (χ1) is 8.41. The van der Waals surface area contributed by atoms with E-state index in [4.69, 9.17) is 9.52 Å². The quantitative estimate of drug-likeness (QED) is 0.782. The van der Waals surface area contributed by atoms with E-state index < -0.39 is 5.97 Å². The molecule has 1 rings (SSSR count). The van der Waals surface area contributed by atoms with Crippen molar-refractivity contribution in [2.45, 2.75) is 39.8 Å². The van der Waals surface area contributed by atoms with Crippen LogP contribution in [-0.2, 0) is 0 Å². The first kappa shape index (κ1) is 14.6. The molecule has 0 unspecified atom stereocenters. The lowest BCUT2D eigenvalue weighted by molar-refractivity contribution is 0.0663. The molecule has 0 aliphatic carbocycles. The average Bonchev–Trinajstić information content (AvgIpc) is 2.71. The van der Waals surface area contributed by atoms with Crippen LogP contribution in [0.15, 0.2) is 16.5 Å². The lowest BCUT2D eigenvalue weighted by atomic mass is 10.2. The summed E-state index contributed by atoms with van der Waals surface area (Å²) < 4.78 is 5.12. The van der Waals surface area contributed by atoms with Crippen molar-refractivity contribution in [1.29, 1.82) is 0 Å². The molecule has 0 radical (unpaired) electrons. The standard InChI is InChI=1S/C13H22N2O3/c1-9(2)15(10(3)4)8-7-14-12-6-5-11(18-12)13(16)17/h5-6,9-10,14H,7-8H2,1-4H3,(H,16,17). The molecule has 18 heavy (non-hydrogen) atoms. The Hall–Kier alpha value is -1.49. The highest BCUT2D eigenvalue weighted by atomic mass is 16.4. The Labute approximate surface area is 108 Å². The fraction of sp³-hybridized carbons (Fsp3) is 0.615. The molecule has 0 atom stereocenters. The number of aromatic carboxylic acids is 1. The van der Waals surface area contributed by atoms with Crippen LogP contribution in [0.5, 0.6) is 0 Å². The lowest BCUT2D eigenvalue weighted by Crippen LogP contribution is -2.40. The van der Waals surface area contributed by atoms with E-state index in [0.717, 1.165) is 13.1 Å². The molecule has 102 valence electrons. The van der Waals surface area contributed by atoms with Gasteiger partial charge in [-0.05, 0) is 33.8 Å². The van der Waals surface area contributed by atoms with Gasteiger partial charge in [-0.25, -0.2) is 4.79 Å². The Bertz CT molecular complexity index is 377. The molecule has 0 fully saturated rings. The number of carboxylic acids is 1. The number of nitrogens with zero attached hydrogens (tertiary/aromatic N) is 1. The monoisotopic (exact) mass is 254 g/mol. The minimum Gasteiger partial charge on any atom is -0.475 e. The van der Waals surface area contributed by atoms with Crippen molar-refractivity contribution in [3.8, 4) is 0 Å². The summed E-state index contributed by atoms with van der Waals surface area (Å²) in [5, 5.41) is 11.8. The van der Waals surface area contributed by atoms with Crippen LogP contribution in [0.1, 0.15) is 38.2 Å².